The third-order valence-electron chi connectivity index (χ3n) is 3.85. The van der Waals surface area contributed by atoms with E-state index in [1.54, 1.807) is 25.3 Å². The predicted octanol–water partition coefficient (Wildman–Crippen LogP) is 4.08. The lowest BCUT2D eigenvalue weighted by Gasteiger charge is -2.08. The zero-order valence-electron chi connectivity index (χ0n) is 13.8. The largest absolute Gasteiger partial charge is 0.322 e. The van der Waals surface area contributed by atoms with Crippen LogP contribution in [0, 0.1) is 6.92 Å². The summed E-state index contributed by atoms with van der Waals surface area (Å²) in [5.41, 5.74) is 3.21. The molecule has 0 radical (unpaired) electrons. The number of rotatable bonds is 3. The number of anilines is 1. The van der Waals surface area contributed by atoms with Crippen LogP contribution >= 0.6 is 24.0 Å². The van der Waals surface area contributed by atoms with Crippen molar-refractivity contribution in [1.82, 2.24) is 4.90 Å². The van der Waals surface area contributed by atoms with Crippen molar-refractivity contribution >= 4 is 51.9 Å². The van der Waals surface area contributed by atoms with Crippen LogP contribution in [0.15, 0.2) is 53.4 Å². The third-order valence-corrected chi connectivity index (χ3v) is 5.34. The number of carbonyl (C=O) groups is 2. The van der Waals surface area contributed by atoms with E-state index >= 15 is 0 Å². The van der Waals surface area contributed by atoms with Crippen LogP contribution in [-0.2, 0) is 4.79 Å². The minimum absolute atomic E-state index is 0.101. The summed E-state index contributed by atoms with van der Waals surface area (Å²) in [4.78, 5) is 26.4. The summed E-state index contributed by atoms with van der Waals surface area (Å²) in [6, 6.07) is 14.7. The van der Waals surface area contributed by atoms with Gasteiger partial charge in [-0.15, -0.1) is 0 Å². The Morgan fingerprint density at radius 3 is 2.44 bits per heavy atom. The fraction of sp³-hybridized carbons (Fsp3) is 0.105. The van der Waals surface area contributed by atoms with Crippen molar-refractivity contribution in [2.75, 3.05) is 12.4 Å². The number of hydrogen-bond donors (Lipinski definition) is 1. The topological polar surface area (TPSA) is 49.4 Å². The number of aryl methyl sites for hydroxylation is 1. The van der Waals surface area contributed by atoms with Crippen molar-refractivity contribution in [3.8, 4) is 0 Å². The van der Waals surface area contributed by atoms with Gasteiger partial charge < -0.3 is 5.32 Å². The Hall–Kier alpha value is -2.44. The number of para-hydroxylation sites is 1. The molecule has 1 N–H and O–H groups in total. The number of hydrogen-bond acceptors (Lipinski definition) is 4. The molecule has 1 aliphatic rings. The van der Waals surface area contributed by atoms with Crippen molar-refractivity contribution < 1.29 is 9.59 Å². The van der Waals surface area contributed by atoms with Crippen molar-refractivity contribution in [3.63, 3.8) is 0 Å². The number of nitrogens with zero attached hydrogens (tertiary/aromatic N) is 1. The normalized spacial score (nSPS) is 15.8. The van der Waals surface area contributed by atoms with Gasteiger partial charge >= 0.3 is 0 Å². The zero-order valence-corrected chi connectivity index (χ0v) is 15.4. The molecule has 0 unspecified atom stereocenters. The number of thiocarbonyl (C=S) groups is 1. The molecule has 2 aromatic rings. The van der Waals surface area contributed by atoms with Gasteiger partial charge in [-0.2, -0.15) is 0 Å². The van der Waals surface area contributed by atoms with Crippen molar-refractivity contribution in [3.05, 3.63) is 70.1 Å². The van der Waals surface area contributed by atoms with Gasteiger partial charge in [0.2, 0.25) is 0 Å². The SMILES string of the molecule is Cc1ccccc1NC(=O)c1ccc(/C=C2\SC(=S)N(C)C2=O)cc1. The van der Waals surface area contributed by atoms with Crippen LogP contribution in [0.25, 0.3) is 6.08 Å². The summed E-state index contributed by atoms with van der Waals surface area (Å²) in [6.07, 6.45) is 1.78. The monoisotopic (exact) mass is 368 g/mol. The fourth-order valence-electron chi connectivity index (χ4n) is 2.34. The van der Waals surface area contributed by atoms with Gasteiger partial charge in [0.15, 0.2) is 0 Å². The summed E-state index contributed by atoms with van der Waals surface area (Å²) in [5.74, 6) is -0.267. The van der Waals surface area contributed by atoms with Gasteiger partial charge in [-0.3, -0.25) is 14.5 Å². The Labute approximate surface area is 155 Å². The number of nitrogens with one attached hydrogen (secondary N) is 1. The molecule has 4 nitrogen and oxygen atoms in total. The minimum atomic E-state index is -0.166. The molecule has 0 spiro atoms. The lowest BCUT2D eigenvalue weighted by Crippen LogP contribution is -2.22. The quantitative estimate of drug-likeness (QED) is 0.655. The van der Waals surface area contributed by atoms with E-state index in [2.05, 4.69) is 5.32 Å². The van der Waals surface area contributed by atoms with Gasteiger partial charge in [0.05, 0.1) is 4.91 Å². The first-order valence-corrected chi connectivity index (χ1v) is 8.87. The predicted molar refractivity (Wildman–Crippen MR) is 107 cm³/mol. The average molecular weight is 368 g/mol. The van der Waals surface area contributed by atoms with E-state index in [4.69, 9.17) is 12.2 Å². The van der Waals surface area contributed by atoms with Gasteiger partial charge in [0.25, 0.3) is 11.8 Å². The molecule has 0 atom stereocenters. The molecule has 126 valence electrons. The molecule has 0 aromatic heterocycles. The molecule has 25 heavy (non-hydrogen) atoms. The lowest BCUT2D eigenvalue weighted by atomic mass is 10.1. The molecule has 0 aliphatic carbocycles. The highest BCUT2D eigenvalue weighted by Gasteiger charge is 2.28. The number of likely N-dealkylation sites (N-methyl/N-ethyl adjacent to an activating group) is 1. The van der Waals surface area contributed by atoms with Crippen molar-refractivity contribution in [2.24, 2.45) is 0 Å². The van der Waals surface area contributed by atoms with E-state index in [9.17, 15) is 9.59 Å². The molecule has 1 saturated heterocycles. The Bertz CT molecular complexity index is 889. The summed E-state index contributed by atoms with van der Waals surface area (Å²) in [5, 5.41) is 2.90. The Morgan fingerprint density at radius 1 is 1.16 bits per heavy atom. The van der Waals surface area contributed by atoms with E-state index in [-0.39, 0.29) is 11.8 Å². The highest BCUT2D eigenvalue weighted by Crippen LogP contribution is 2.31. The molecule has 1 aliphatic heterocycles. The van der Waals surface area contributed by atoms with Crippen LogP contribution in [0.1, 0.15) is 21.5 Å². The first-order valence-electron chi connectivity index (χ1n) is 7.64. The summed E-state index contributed by atoms with van der Waals surface area (Å²) in [7, 11) is 1.66. The summed E-state index contributed by atoms with van der Waals surface area (Å²) < 4.78 is 0.547. The van der Waals surface area contributed by atoms with Gasteiger partial charge in [0.1, 0.15) is 4.32 Å². The highest BCUT2D eigenvalue weighted by atomic mass is 32.2. The molecule has 1 heterocycles. The van der Waals surface area contributed by atoms with Crippen LogP contribution in [0.5, 0.6) is 0 Å². The third kappa shape index (κ3) is 3.81. The second-order valence-electron chi connectivity index (χ2n) is 5.63. The fourth-order valence-corrected chi connectivity index (χ4v) is 3.51. The first kappa shape index (κ1) is 17.4. The van der Waals surface area contributed by atoms with Gasteiger partial charge in [-0.1, -0.05) is 54.3 Å². The molecule has 1 fully saturated rings. The van der Waals surface area contributed by atoms with Gasteiger partial charge in [-0.05, 0) is 42.3 Å². The van der Waals surface area contributed by atoms with Crippen molar-refractivity contribution in [2.45, 2.75) is 6.92 Å². The maximum atomic E-state index is 12.4. The van der Waals surface area contributed by atoms with E-state index in [1.807, 2.05) is 43.3 Å². The second kappa shape index (κ2) is 7.21. The maximum Gasteiger partial charge on any atom is 0.265 e. The Kier molecular flexibility index (Phi) is 5.01. The van der Waals surface area contributed by atoms with E-state index < -0.39 is 0 Å². The molecule has 3 rings (SSSR count). The standard InChI is InChI=1S/C19H16N2O2S2/c1-12-5-3-4-6-15(12)20-17(22)14-9-7-13(8-10-14)11-16-18(23)21(2)19(24)25-16/h3-11H,1-2H3,(H,20,22)/b16-11-. The minimum Gasteiger partial charge on any atom is -0.322 e. The Balaban J connectivity index is 1.74. The molecule has 2 amide bonds. The average Bonchev–Trinajstić information content (AvgIpc) is 2.84. The molecule has 2 aromatic carbocycles. The lowest BCUT2D eigenvalue weighted by molar-refractivity contribution is -0.121. The first-order chi connectivity index (χ1) is 12.0. The number of benzene rings is 2. The molecule has 0 saturated carbocycles. The van der Waals surface area contributed by atoms with Crippen LogP contribution in [0.4, 0.5) is 5.69 Å². The molecule has 6 heteroatoms. The van der Waals surface area contributed by atoms with Crippen LogP contribution in [0.3, 0.4) is 0 Å². The number of thioether (sulfide) groups is 1. The summed E-state index contributed by atoms with van der Waals surface area (Å²) >= 11 is 6.39. The van der Waals surface area contributed by atoms with E-state index in [1.165, 1.54) is 16.7 Å². The molecule has 0 bridgehead atoms. The van der Waals surface area contributed by atoms with Crippen LogP contribution < -0.4 is 5.32 Å². The maximum absolute atomic E-state index is 12.4. The number of carbonyl (C=O) groups excluding carboxylic acids is 2. The molecular weight excluding hydrogens is 352 g/mol. The van der Waals surface area contributed by atoms with Gasteiger partial charge in [0, 0.05) is 18.3 Å². The number of amides is 2. The molecular formula is C19H16N2O2S2. The van der Waals surface area contributed by atoms with E-state index in [0.717, 1.165) is 16.8 Å². The van der Waals surface area contributed by atoms with Gasteiger partial charge in [-0.25, -0.2) is 0 Å². The second-order valence-corrected chi connectivity index (χ2v) is 7.31. The van der Waals surface area contributed by atoms with Crippen LogP contribution in [-0.4, -0.2) is 28.1 Å². The smallest absolute Gasteiger partial charge is 0.265 e. The van der Waals surface area contributed by atoms with E-state index in [0.29, 0.717) is 14.8 Å². The Morgan fingerprint density at radius 2 is 1.84 bits per heavy atom. The highest BCUT2D eigenvalue weighted by molar-refractivity contribution is 8.26. The zero-order chi connectivity index (χ0) is 18.0. The van der Waals surface area contributed by atoms with Crippen LogP contribution in [0.2, 0.25) is 0 Å². The summed E-state index contributed by atoms with van der Waals surface area (Å²) in [6.45, 7) is 1.95. The van der Waals surface area contributed by atoms with Crippen molar-refractivity contribution in [1.29, 1.82) is 0 Å².